The van der Waals surface area contributed by atoms with Gasteiger partial charge in [0, 0.05) is 38.9 Å². The smallest absolute Gasteiger partial charge is 0.242 e. The van der Waals surface area contributed by atoms with Crippen LogP contribution in [0.4, 0.5) is 0 Å². The third-order valence-corrected chi connectivity index (χ3v) is 6.65. The molecule has 0 aromatic heterocycles. The van der Waals surface area contributed by atoms with Crippen molar-refractivity contribution in [2.24, 2.45) is 0 Å². The molecule has 1 atom stereocenters. The number of halogens is 4. The van der Waals surface area contributed by atoms with E-state index in [0.717, 1.165) is 5.56 Å². The van der Waals surface area contributed by atoms with Crippen molar-refractivity contribution in [1.29, 1.82) is 0 Å². The lowest BCUT2D eigenvalue weighted by Gasteiger charge is -2.29. The summed E-state index contributed by atoms with van der Waals surface area (Å²) in [5, 5.41) is 4.82. The highest BCUT2D eigenvalue weighted by Crippen LogP contribution is 2.29. The van der Waals surface area contributed by atoms with E-state index in [-0.39, 0.29) is 24.1 Å². The van der Waals surface area contributed by atoms with Crippen LogP contribution in [0.2, 0.25) is 20.1 Å². The van der Waals surface area contributed by atoms with Gasteiger partial charge >= 0.3 is 0 Å². The Morgan fingerprint density at radius 3 is 2.33 bits per heavy atom. The molecule has 0 spiro atoms. The minimum Gasteiger partial charge on any atom is -0.355 e. The van der Waals surface area contributed by atoms with Gasteiger partial charge in [0.1, 0.15) is 6.04 Å². The van der Waals surface area contributed by atoms with Gasteiger partial charge in [-0.15, -0.1) is 11.8 Å². The third kappa shape index (κ3) is 6.96. The molecule has 162 valence electrons. The lowest BCUT2D eigenvalue weighted by molar-refractivity contribution is -0.138. The molecule has 0 bridgehead atoms. The minimum absolute atomic E-state index is 0.163. The van der Waals surface area contributed by atoms with E-state index in [0.29, 0.717) is 38.0 Å². The number of nitrogens with zero attached hydrogens (tertiary/aromatic N) is 1. The molecule has 2 aromatic rings. The van der Waals surface area contributed by atoms with Crippen molar-refractivity contribution >= 4 is 70.0 Å². The van der Waals surface area contributed by atoms with Crippen molar-refractivity contribution < 1.29 is 9.59 Å². The maximum absolute atomic E-state index is 13.0. The number of thioether (sulfide) groups is 1. The number of nitrogens with one attached hydrogen (secondary N) is 1. The van der Waals surface area contributed by atoms with E-state index in [9.17, 15) is 9.59 Å². The predicted octanol–water partition coefficient (Wildman–Crippen LogP) is 6.09. The van der Waals surface area contributed by atoms with Gasteiger partial charge < -0.3 is 10.2 Å². The molecule has 0 aliphatic carbocycles. The van der Waals surface area contributed by atoms with Gasteiger partial charge in [0.15, 0.2) is 0 Å². The highest BCUT2D eigenvalue weighted by atomic mass is 35.5. The highest BCUT2D eigenvalue weighted by Gasteiger charge is 2.26. The van der Waals surface area contributed by atoms with Crippen molar-refractivity contribution in [2.75, 3.05) is 12.3 Å². The van der Waals surface area contributed by atoms with Gasteiger partial charge in [-0.1, -0.05) is 58.5 Å². The fraction of sp³-hybridized carbons (Fsp3) is 0.333. The fourth-order valence-corrected chi connectivity index (χ4v) is 4.85. The predicted molar refractivity (Wildman–Crippen MR) is 128 cm³/mol. The van der Waals surface area contributed by atoms with E-state index < -0.39 is 6.04 Å². The SMILES string of the molecule is CCNC(=O)[C@@H](C)N(Cc1ccc(Cl)cc1Cl)C(=O)CSCc1c(Cl)cccc1Cl. The number of rotatable bonds is 9. The van der Waals surface area contributed by atoms with E-state index in [1.807, 2.05) is 6.92 Å². The van der Waals surface area contributed by atoms with Gasteiger partial charge in [-0.25, -0.2) is 0 Å². The van der Waals surface area contributed by atoms with Crippen LogP contribution in [0.25, 0.3) is 0 Å². The monoisotopic (exact) mass is 506 g/mol. The van der Waals surface area contributed by atoms with E-state index in [2.05, 4.69) is 5.32 Å². The van der Waals surface area contributed by atoms with Crippen molar-refractivity contribution in [1.82, 2.24) is 10.2 Å². The average molecular weight is 508 g/mol. The summed E-state index contributed by atoms with van der Waals surface area (Å²) < 4.78 is 0. The minimum atomic E-state index is -0.659. The molecule has 0 aliphatic heterocycles. The summed E-state index contributed by atoms with van der Waals surface area (Å²) in [6.45, 7) is 4.20. The molecule has 0 heterocycles. The maximum Gasteiger partial charge on any atom is 0.242 e. The topological polar surface area (TPSA) is 49.4 Å². The zero-order valence-corrected chi connectivity index (χ0v) is 20.4. The first kappa shape index (κ1) is 25.2. The van der Waals surface area contributed by atoms with E-state index in [1.54, 1.807) is 43.3 Å². The Bertz CT molecular complexity index is 890. The van der Waals surface area contributed by atoms with Gasteiger partial charge in [0.05, 0.1) is 5.75 Å². The zero-order chi connectivity index (χ0) is 22.3. The van der Waals surface area contributed by atoms with Gasteiger partial charge in [0.25, 0.3) is 0 Å². The number of carbonyl (C=O) groups is 2. The second kappa shape index (κ2) is 12.1. The van der Waals surface area contributed by atoms with Crippen LogP contribution in [0.3, 0.4) is 0 Å². The molecule has 4 nitrogen and oxygen atoms in total. The van der Waals surface area contributed by atoms with Crippen LogP contribution in [0.1, 0.15) is 25.0 Å². The molecule has 9 heteroatoms. The lowest BCUT2D eigenvalue weighted by atomic mass is 10.1. The molecule has 2 rings (SSSR count). The van der Waals surface area contributed by atoms with Crippen LogP contribution in [0, 0.1) is 0 Å². The fourth-order valence-electron chi connectivity index (χ4n) is 2.73. The van der Waals surface area contributed by atoms with Gasteiger partial charge in [-0.2, -0.15) is 0 Å². The zero-order valence-electron chi connectivity index (χ0n) is 16.6. The molecule has 0 radical (unpaired) electrons. The van der Waals surface area contributed by atoms with E-state index in [1.165, 1.54) is 16.7 Å². The van der Waals surface area contributed by atoms with Crippen LogP contribution in [-0.2, 0) is 21.9 Å². The molecule has 0 saturated carbocycles. The number of hydrogen-bond donors (Lipinski definition) is 1. The van der Waals surface area contributed by atoms with Crippen molar-refractivity contribution in [3.63, 3.8) is 0 Å². The number of amides is 2. The first-order chi connectivity index (χ1) is 14.2. The van der Waals surface area contributed by atoms with Crippen LogP contribution in [0.5, 0.6) is 0 Å². The largest absolute Gasteiger partial charge is 0.355 e. The van der Waals surface area contributed by atoms with Gasteiger partial charge in [-0.05, 0) is 49.2 Å². The maximum atomic E-state index is 13.0. The summed E-state index contributed by atoms with van der Waals surface area (Å²) >= 11 is 26.0. The molecular weight excluding hydrogens is 486 g/mol. The Hall–Kier alpha value is -1.11. The molecule has 0 unspecified atom stereocenters. The van der Waals surface area contributed by atoms with Gasteiger partial charge in [0.2, 0.25) is 11.8 Å². The normalized spacial score (nSPS) is 11.8. The molecule has 0 fully saturated rings. The van der Waals surface area contributed by atoms with Crippen LogP contribution < -0.4 is 5.32 Å². The highest BCUT2D eigenvalue weighted by molar-refractivity contribution is 7.99. The molecule has 2 aromatic carbocycles. The molecule has 30 heavy (non-hydrogen) atoms. The summed E-state index contributed by atoms with van der Waals surface area (Å²) in [5.74, 6) is 0.231. The second-order valence-electron chi connectivity index (χ2n) is 6.52. The van der Waals surface area contributed by atoms with Gasteiger partial charge in [-0.3, -0.25) is 9.59 Å². The number of hydrogen-bond acceptors (Lipinski definition) is 3. The standard InChI is InChI=1S/C21H22Cl4N2O2S/c1-3-26-21(29)13(2)27(10-14-7-8-15(22)9-19(14)25)20(28)12-30-11-16-17(23)5-4-6-18(16)24/h4-9,13H,3,10-12H2,1-2H3,(H,26,29)/t13-/m1/s1. The number of benzene rings is 2. The number of carbonyl (C=O) groups excluding carboxylic acids is 2. The summed E-state index contributed by atoms with van der Waals surface area (Å²) in [6, 6.07) is 9.71. The third-order valence-electron chi connectivity index (χ3n) is 4.41. The van der Waals surface area contributed by atoms with Crippen LogP contribution in [-0.4, -0.2) is 35.1 Å². The van der Waals surface area contributed by atoms with Crippen molar-refractivity contribution in [2.45, 2.75) is 32.2 Å². The van der Waals surface area contributed by atoms with E-state index >= 15 is 0 Å². The molecule has 2 amide bonds. The lowest BCUT2D eigenvalue weighted by Crippen LogP contribution is -2.48. The summed E-state index contributed by atoms with van der Waals surface area (Å²) in [7, 11) is 0. The summed E-state index contributed by atoms with van der Waals surface area (Å²) in [4.78, 5) is 26.9. The Labute approximate surface area is 201 Å². The summed E-state index contributed by atoms with van der Waals surface area (Å²) in [5.41, 5.74) is 1.49. The average Bonchev–Trinajstić information content (AvgIpc) is 2.69. The Morgan fingerprint density at radius 2 is 1.73 bits per heavy atom. The van der Waals surface area contributed by atoms with Crippen molar-refractivity contribution in [3.8, 4) is 0 Å². The second-order valence-corrected chi connectivity index (χ2v) is 9.16. The van der Waals surface area contributed by atoms with Crippen molar-refractivity contribution in [3.05, 3.63) is 67.6 Å². The van der Waals surface area contributed by atoms with Crippen LogP contribution >= 0.6 is 58.2 Å². The number of likely N-dealkylation sites (N-methyl/N-ethyl adjacent to an activating group) is 1. The first-order valence-electron chi connectivity index (χ1n) is 9.26. The molecule has 1 N–H and O–H groups in total. The molecule has 0 aliphatic rings. The summed E-state index contributed by atoms with van der Waals surface area (Å²) in [6.07, 6.45) is 0. The Balaban J connectivity index is 2.14. The molecular formula is C21H22Cl4N2O2S. The first-order valence-corrected chi connectivity index (χ1v) is 11.9. The Kier molecular flexibility index (Phi) is 10.1. The quantitative estimate of drug-likeness (QED) is 0.447. The Morgan fingerprint density at radius 1 is 1.07 bits per heavy atom. The van der Waals surface area contributed by atoms with Crippen LogP contribution in [0.15, 0.2) is 36.4 Å². The van der Waals surface area contributed by atoms with E-state index in [4.69, 9.17) is 46.4 Å². The molecule has 0 saturated heterocycles.